The van der Waals surface area contributed by atoms with Gasteiger partial charge in [-0.3, -0.25) is 15.1 Å². The lowest BCUT2D eigenvalue weighted by molar-refractivity contribution is -0.384. The summed E-state index contributed by atoms with van der Waals surface area (Å²) in [5.74, 6) is 0. The number of benzene rings is 1. The normalized spacial score (nSPS) is 10.1. The first kappa shape index (κ1) is 12.0. The Morgan fingerprint density at radius 3 is 2.61 bits per heavy atom. The van der Waals surface area contributed by atoms with Gasteiger partial charge in [0.25, 0.3) is 5.69 Å². The first-order valence-electron chi connectivity index (χ1n) is 5.54. The van der Waals surface area contributed by atoms with Crippen LogP contribution >= 0.6 is 0 Å². The number of aromatic nitrogens is 1. The van der Waals surface area contributed by atoms with E-state index in [4.69, 9.17) is 0 Å². The molecule has 1 aromatic carbocycles. The predicted octanol–water partition coefficient (Wildman–Crippen LogP) is 2.91. The maximum atomic E-state index is 10.5. The summed E-state index contributed by atoms with van der Waals surface area (Å²) in [6.07, 6.45) is 3.52. The quantitative estimate of drug-likeness (QED) is 0.662. The van der Waals surface area contributed by atoms with E-state index in [2.05, 4.69) is 10.3 Å². The maximum absolute atomic E-state index is 10.5. The number of non-ortho nitro benzene ring substituents is 1. The molecule has 1 heterocycles. The number of nitro groups is 1. The first-order chi connectivity index (χ1) is 8.66. The number of hydrogen-bond acceptors (Lipinski definition) is 4. The minimum atomic E-state index is -0.399. The molecule has 2 rings (SSSR count). The second kappa shape index (κ2) is 5.27. The average molecular weight is 243 g/mol. The second-order valence-corrected chi connectivity index (χ2v) is 3.97. The van der Waals surface area contributed by atoms with Gasteiger partial charge in [0.2, 0.25) is 0 Å². The Hall–Kier alpha value is -2.43. The average Bonchev–Trinajstić information content (AvgIpc) is 2.38. The highest BCUT2D eigenvalue weighted by Crippen LogP contribution is 2.15. The van der Waals surface area contributed by atoms with E-state index in [9.17, 15) is 10.1 Å². The van der Waals surface area contributed by atoms with Gasteiger partial charge in [-0.25, -0.2) is 0 Å². The number of hydrogen-bond donors (Lipinski definition) is 1. The summed E-state index contributed by atoms with van der Waals surface area (Å²) in [6.45, 7) is 2.61. The number of nitrogens with zero attached hydrogens (tertiary/aromatic N) is 2. The molecule has 0 saturated carbocycles. The van der Waals surface area contributed by atoms with Crippen molar-refractivity contribution >= 4 is 11.4 Å². The molecule has 0 bridgehead atoms. The van der Waals surface area contributed by atoms with Gasteiger partial charge in [-0.2, -0.15) is 0 Å². The Morgan fingerprint density at radius 1 is 1.28 bits per heavy atom. The van der Waals surface area contributed by atoms with Crippen molar-refractivity contribution in [3.63, 3.8) is 0 Å². The van der Waals surface area contributed by atoms with Crippen LogP contribution < -0.4 is 5.32 Å². The van der Waals surface area contributed by atoms with E-state index in [1.54, 1.807) is 24.5 Å². The number of anilines is 1. The molecule has 0 aliphatic rings. The second-order valence-electron chi connectivity index (χ2n) is 3.97. The fourth-order valence-corrected chi connectivity index (χ4v) is 1.60. The smallest absolute Gasteiger partial charge is 0.269 e. The highest BCUT2D eigenvalue weighted by Gasteiger charge is 2.04. The highest BCUT2D eigenvalue weighted by molar-refractivity contribution is 5.49. The molecule has 2 aromatic rings. The van der Waals surface area contributed by atoms with E-state index in [1.165, 1.54) is 12.1 Å². The van der Waals surface area contributed by atoms with Gasteiger partial charge in [0.1, 0.15) is 0 Å². The molecule has 0 spiro atoms. The third-order valence-corrected chi connectivity index (χ3v) is 2.65. The fourth-order valence-electron chi connectivity index (χ4n) is 1.60. The van der Waals surface area contributed by atoms with Crippen LogP contribution in [0.2, 0.25) is 0 Å². The molecule has 0 aliphatic heterocycles. The summed E-state index contributed by atoms with van der Waals surface area (Å²) in [5.41, 5.74) is 3.19. The van der Waals surface area contributed by atoms with Crippen molar-refractivity contribution in [3.8, 4) is 0 Å². The zero-order chi connectivity index (χ0) is 13.0. The van der Waals surface area contributed by atoms with E-state index in [0.717, 1.165) is 16.8 Å². The van der Waals surface area contributed by atoms with Crippen molar-refractivity contribution in [2.24, 2.45) is 0 Å². The van der Waals surface area contributed by atoms with Gasteiger partial charge in [0, 0.05) is 36.8 Å². The third kappa shape index (κ3) is 2.82. The van der Waals surface area contributed by atoms with Gasteiger partial charge < -0.3 is 5.32 Å². The van der Waals surface area contributed by atoms with Gasteiger partial charge in [-0.05, 0) is 24.1 Å². The number of rotatable bonds is 4. The molecule has 1 N–H and O–H groups in total. The standard InChI is InChI=1S/C13H13N3O2/c1-10-8-14-7-6-13(10)15-9-11-2-4-12(5-3-11)16(17)18/h2-8H,9H2,1H3,(H,14,15). The maximum Gasteiger partial charge on any atom is 0.269 e. The first-order valence-corrected chi connectivity index (χ1v) is 5.54. The van der Waals surface area contributed by atoms with Gasteiger partial charge in [0.05, 0.1) is 4.92 Å². The molecule has 0 aliphatic carbocycles. The van der Waals surface area contributed by atoms with Crippen molar-refractivity contribution in [2.45, 2.75) is 13.5 Å². The Morgan fingerprint density at radius 2 is 2.00 bits per heavy atom. The van der Waals surface area contributed by atoms with Crippen LogP contribution in [0.25, 0.3) is 0 Å². The molecule has 18 heavy (non-hydrogen) atoms. The minimum absolute atomic E-state index is 0.110. The van der Waals surface area contributed by atoms with Gasteiger partial charge >= 0.3 is 0 Å². The molecule has 0 radical (unpaired) electrons. The fraction of sp³-hybridized carbons (Fsp3) is 0.154. The van der Waals surface area contributed by atoms with Crippen LogP contribution in [0.5, 0.6) is 0 Å². The molecule has 5 nitrogen and oxygen atoms in total. The van der Waals surface area contributed by atoms with Crippen LogP contribution in [0, 0.1) is 17.0 Å². The third-order valence-electron chi connectivity index (χ3n) is 2.65. The van der Waals surface area contributed by atoms with E-state index >= 15 is 0 Å². The van der Waals surface area contributed by atoms with Crippen LogP contribution in [-0.2, 0) is 6.54 Å². The van der Waals surface area contributed by atoms with Crippen molar-refractivity contribution < 1.29 is 4.92 Å². The topological polar surface area (TPSA) is 68.1 Å². The molecular weight excluding hydrogens is 230 g/mol. The summed E-state index contributed by atoms with van der Waals surface area (Å²) in [7, 11) is 0. The monoisotopic (exact) mass is 243 g/mol. The Bertz CT molecular complexity index is 552. The number of nitro benzene ring substituents is 1. The largest absolute Gasteiger partial charge is 0.381 e. The van der Waals surface area contributed by atoms with Gasteiger partial charge in [0.15, 0.2) is 0 Å². The van der Waals surface area contributed by atoms with Crippen LogP contribution in [0.1, 0.15) is 11.1 Å². The van der Waals surface area contributed by atoms with E-state index in [-0.39, 0.29) is 5.69 Å². The summed E-state index contributed by atoms with van der Waals surface area (Å²) >= 11 is 0. The van der Waals surface area contributed by atoms with E-state index in [0.29, 0.717) is 6.54 Å². The van der Waals surface area contributed by atoms with Crippen molar-refractivity contribution in [2.75, 3.05) is 5.32 Å². The Kier molecular flexibility index (Phi) is 3.52. The molecule has 92 valence electrons. The van der Waals surface area contributed by atoms with Gasteiger partial charge in [-0.15, -0.1) is 0 Å². The molecule has 5 heteroatoms. The summed E-state index contributed by atoms with van der Waals surface area (Å²) in [6, 6.07) is 8.43. The zero-order valence-corrected chi connectivity index (χ0v) is 9.96. The van der Waals surface area contributed by atoms with Crippen molar-refractivity contribution in [1.29, 1.82) is 0 Å². The number of pyridine rings is 1. The van der Waals surface area contributed by atoms with Crippen molar-refractivity contribution in [3.05, 3.63) is 64.0 Å². The van der Waals surface area contributed by atoms with Crippen LogP contribution in [0.4, 0.5) is 11.4 Å². The molecule has 0 saturated heterocycles. The van der Waals surface area contributed by atoms with E-state index < -0.39 is 4.92 Å². The summed E-state index contributed by atoms with van der Waals surface area (Å²) < 4.78 is 0. The molecular formula is C13H13N3O2. The SMILES string of the molecule is Cc1cnccc1NCc1ccc([N+](=O)[O-])cc1. The molecule has 0 unspecified atom stereocenters. The van der Waals surface area contributed by atoms with Crippen molar-refractivity contribution in [1.82, 2.24) is 4.98 Å². The van der Waals surface area contributed by atoms with Crippen LogP contribution in [-0.4, -0.2) is 9.91 Å². The molecule has 0 fully saturated rings. The molecule has 0 amide bonds. The lowest BCUT2D eigenvalue weighted by Crippen LogP contribution is -2.01. The minimum Gasteiger partial charge on any atom is -0.381 e. The van der Waals surface area contributed by atoms with Crippen LogP contribution in [0.3, 0.4) is 0 Å². The van der Waals surface area contributed by atoms with Crippen LogP contribution in [0.15, 0.2) is 42.7 Å². The molecule has 1 aromatic heterocycles. The molecule has 0 atom stereocenters. The summed E-state index contributed by atoms with van der Waals surface area (Å²) in [5, 5.41) is 13.8. The number of aryl methyl sites for hydroxylation is 1. The summed E-state index contributed by atoms with van der Waals surface area (Å²) in [4.78, 5) is 14.1. The Balaban J connectivity index is 2.02. The zero-order valence-electron chi connectivity index (χ0n) is 9.96. The van der Waals surface area contributed by atoms with E-state index in [1.807, 2.05) is 13.0 Å². The number of nitrogens with one attached hydrogen (secondary N) is 1. The highest BCUT2D eigenvalue weighted by atomic mass is 16.6. The lowest BCUT2D eigenvalue weighted by atomic mass is 10.2. The predicted molar refractivity (Wildman–Crippen MR) is 69.4 cm³/mol. The lowest BCUT2D eigenvalue weighted by Gasteiger charge is -2.08. The van der Waals surface area contributed by atoms with Gasteiger partial charge in [-0.1, -0.05) is 12.1 Å². The Labute approximate surface area is 105 Å².